The monoisotopic (exact) mass is 274 g/mol. The second-order valence-electron chi connectivity index (χ2n) is 4.62. The van der Waals surface area contributed by atoms with Crippen molar-refractivity contribution in [3.8, 4) is 0 Å². The van der Waals surface area contributed by atoms with Gasteiger partial charge < -0.3 is 15.0 Å². The number of aromatic amines is 1. The van der Waals surface area contributed by atoms with E-state index in [1.54, 1.807) is 29.3 Å². The first-order chi connectivity index (χ1) is 9.56. The van der Waals surface area contributed by atoms with Gasteiger partial charge in [-0.05, 0) is 31.5 Å². The number of carboxylic acids is 1. The number of fused-ring (bicyclic) bond motifs is 1. The molecule has 0 unspecified atom stereocenters. The van der Waals surface area contributed by atoms with Gasteiger partial charge in [0.1, 0.15) is 0 Å². The van der Waals surface area contributed by atoms with Crippen LogP contribution in [0, 0.1) is 0 Å². The molecular weight excluding hydrogens is 256 g/mol. The molecule has 0 spiro atoms. The van der Waals surface area contributed by atoms with Crippen LogP contribution in [0.1, 0.15) is 29.8 Å². The number of carboxylic acid groups (broad SMARTS) is 1. The van der Waals surface area contributed by atoms with Gasteiger partial charge >= 0.3 is 5.97 Å². The molecular formula is C15H18N2O3. The summed E-state index contributed by atoms with van der Waals surface area (Å²) in [5, 5.41) is 9.70. The highest BCUT2D eigenvalue weighted by molar-refractivity contribution is 5.99. The SMILES string of the molecule is CCN(CC)C(=O)c1ccc2c(CC(=O)O)c[nH]c2c1. The van der Waals surface area contributed by atoms with Crippen LogP contribution in [0.5, 0.6) is 0 Å². The molecule has 0 saturated heterocycles. The fourth-order valence-electron chi connectivity index (χ4n) is 2.32. The Kier molecular flexibility index (Phi) is 4.08. The van der Waals surface area contributed by atoms with E-state index in [0.717, 1.165) is 16.5 Å². The van der Waals surface area contributed by atoms with Crippen LogP contribution < -0.4 is 0 Å². The van der Waals surface area contributed by atoms with Crippen LogP contribution in [0.2, 0.25) is 0 Å². The zero-order valence-electron chi connectivity index (χ0n) is 11.6. The number of amides is 1. The predicted molar refractivity (Wildman–Crippen MR) is 76.9 cm³/mol. The lowest BCUT2D eigenvalue weighted by Crippen LogP contribution is -2.30. The number of carbonyl (C=O) groups is 2. The number of nitrogens with zero attached hydrogens (tertiary/aromatic N) is 1. The highest BCUT2D eigenvalue weighted by atomic mass is 16.4. The molecule has 0 aliphatic heterocycles. The van der Waals surface area contributed by atoms with Gasteiger partial charge in [-0.1, -0.05) is 6.07 Å². The van der Waals surface area contributed by atoms with Gasteiger partial charge in [0.25, 0.3) is 5.91 Å². The third-order valence-corrected chi connectivity index (χ3v) is 3.41. The Hall–Kier alpha value is -2.30. The maximum atomic E-state index is 12.3. The number of aromatic nitrogens is 1. The zero-order chi connectivity index (χ0) is 14.7. The Bertz CT molecular complexity index is 642. The molecule has 5 heteroatoms. The van der Waals surface area contributed by atoms with Gasteiger partial charge in [-0.3, -0.25) is 9.59 Å². The van der Waals surface area contributed by atoms with Gasteiger partial charge in [0, 0.05) is 35.8 Å². The van der Waals surface area contributed by atoms with E-state index in [1.165, 1.54) is 0 Å². The van der Waals surface area contributed by atoms with E-state index in [2.05, 4.69) is 4.98 Å². The minimum atomic E-state index is -0.866. The Morgan fingerprint density at radius 3 is 2.55 bits per heavy atom. The van der Waals surface area contributed by atoms with Gasteiger partial charge in [-0.2, -0.15) is 0 Å². The van der Waals surface area contributed by atoms with Crippen molar-refractivity contribution in [2.24, 2.45) is 0 Å². The van der Waals surface area contributed by atoms with Gasteiger partial charge in [0.2, 0.25) is 0 Å². The first kappa shape index (κ1) is 14.1. The molecule has 0 bridgehead atoms. The fourth-order valence-corrected chi connectivity index (χ4v) is 2.32. The van der Waals surface area contributed by atoms with Crippen LogP contribution in [0.25, 0.3) is 10.9 Å². The van der Waals surface area contributed by atoms with Crippen molar-refractivity contribution in [3.05, 3.63) is 35.5 Å². The summed E-state index contributed by atoms with van der Waals surface area (Å²) < 4.78 is 0. The number of benzene rings is 1. The Morgan fingerprint density at radius 2 is 1.95 bits per heavy atom. The summed E-state index contributed by atoms with van der Waals surface area (Å²) in [7, 11) is 0. The molecule has 2 aromatic rings. The maximum Gasteiger partial charge on any atom is 0.307 e. The molecule has 0 saturated carbocycles. The number of hydrogen-bond donors (Lipinski definition) is 2. The molecule has 1 aromatic heterocycles. The van der Waals surface area contributed by atoms with Crippen molar-refractivity contribution in [3.63, 3.8) is 0 Å². The standard InChI is InChI=1S/C15H18N2O3/c1-3-17(4-2)15(20)10-5-6-12-11(8-14(18)19)9-16-13(12)7-10/h5-7,9,16H,3-4,8H2,1-2H3,(H,18,19). The number of carbonyl (C=O) groups excluding carboxylic acids is 1. The highest BCUT2D eigenvalue weighted by Gasteiger charge is 2.14. The van der Waals surface area contributed by atoms with Crippen molar-refractivity contribution < 1.29 is 14.7 Å². The summed E-state index contributed by atoms with van der Waals surface area (Å²) in [4.78, 5) is 27.8. The first-order valence-corrected chi connectivity index (χ1v) is 6.67. The van der Waals surface area contributed by atoms with Gasteiger partial charge in [-0.15, -0.1) is 0 Å². The lowest BCUT2D eigenvalue weighted by atomic mass is 10.1. The fraction of sp³-hybridized carbons (Fsp3) is 0.333. The molecule has 1 amide bonds. The Labute approximate surface area is 117 Å². The molecule has 0 aliphatic carbocycles. The topological polar surface area (TPSA) is 73.4 Å². The number of rotatable bonds is 5. The summed E-state index contributed by atoms with van der Waals surface area (Å²) in [6.45, 7) is 5.23. The summed E-state index contributed by atoms with van der Waals surface area (Å²) >= 11 is 0. The lowest BCUT2D eigenvalue weighted by molar-refractivity contribution is -0.136. The van der Waals surface area contributed by atoms with Crippen LogP contribution >= 0.6 is 0 Å². The van der Waals surface area contributed by atoms with Gasteiger partial charge in [-0.25, -0.2) is 0 Å². The highest BCUT2D eigenvalue weighted by Crippen LogP contribution is 2.21. The Balaban J connectivity index is 2.35. The normalized spacial score (nSPS) is 10.7. The number of nitrogens with one attached hydrogen (secondary N) is 1. The predicted octanol–water partition coefficient (Wildman–Crippen LogP) is 2.28. The minimum Gasteiger partial charge on any atom is -0.481 e. The summed E-state index contributed by atoms with van der Waals surface area (Å²) in [6, 6.07) is 5.34. The molecule has 0 aliphatic rings. The van der Waals surface area contributed by atoms with E-state index in [-0.39, 0.29) is 12.3 Å². The quantitative estimate of drug-likeness (QED) is 0.878. The van der Waals surface area contributed by atoms with E-state index >= 15 is 0 Å². The second-order valence-corrected chi connectivity index (χ2v) is 4.62. The van der Waals surface area contributed by atoms with E-state index in [1.807, 2.05) is 13.8 Å². The van der Waals surface area contributed by atoms with E-state index in [4.69, 9.17) is 5.11 Å². The number of aliphatic carboxylic acids is 1. The van der Waals surface area contributed by atoms with Crippen molar-refractivity contribution in [1.29, 1.82) is 0 Å². The van der Waals surface area contributed by atoms with E-state index in [0.29, 0.717) is 18.7 Å². The molecule has 1 heterocycles. The van der Waals surface area contributed by atoms with Crippen LogP contribution in [0.15, 0.2) is 24.4 Å². The maximum absolute atomic E-state index is 12.3. The summed E-state index contributed by atoms with van der Waals surface area (Å²) in [5.41, 5.74) is 2.14. The summed E-state index contributed by atoms with van der Waals surface area (Å²) in [5.74, 6) is -0.875. The number of hydrogen-bond acceptors (Lipinski definition) is 2. The molecule has 0 radical (unpaired) electrons. The second kappa shape index (κ2) is 5.77. The molecule has 2 rings (SSSR count). The van der Waals surface area contributed by atoms with Crippen LogP contribution in [-0.4, -0.2) is 40.0 Å². The molecule has 0 atom stereocenters. The van der Waals surface area contributed by atoms with E-state index < -0.39 is 5.97 Å². The molecule has 1 aromatic carbocycles. The third kappa shape index (κ3) is 2.66. The number of H-pyrrole nitrogens is 1. The van der Waals surface area contributed by atoms with Crippen molar-refractivity contribution in [2.45, 2.75) is 20.3 Å². The van der Waals surface area contributed by atoms with Crippen molar-refractivity contribution in [1.82, 2.24) is 9.88 Å². The molecule has 5 nitrogen and oxygen atoms in total. The third-order valence-electron chi connectivity index (χ3n) is 3.41. The smallest absolute Gasteiger partial charge is 0.307 e. The molecule has 106 valence electrons. The van der Waals surface area contributed by atoms with Crippen LogP contribution in [-0.2, 0) is 11.2 Å². The van der Waals surface area contributed by atoms with Crippen LogP contribution in [0.3, 0.4) is 0 Å². The summed E-state index contributed by atoms with van der Waals surface area (Å²) in [6.07, 6.45) is 1.66. The van der Waals surface area contributed by atoms with E-state index in [9.17, 15) is 9.59 Å². The van der Waals surface area contributed by atoms with Gasteiger partial charge in [0.15, 0.2) is 0 Å². The average Bonchev–Trinajstić information content (AvgIpc) is 2.81. The largest absolute Gasteiger partial charge is 0.481 e. The Morgan fingerprint density at radius 1 is 1.25 bits per heavy atom. The van der Waals surface area contributed by atoms with Crippen molar-refractivity contribution >= 4 is 22.8 Å². The molecule has 2 N–H and O–H groups in total. The first-order valence-electron chi connectivity index (χ1n) is 6.67. The minimum absolute atomic E-state index is 0.00807. The van der Waals surface area contributed by atoms with Crippen LogP contribution in [0.4, 0.5) is 0 Å². The lowest BCUT2D eigenvalue weighted by Gasteiger charge is -2.18. The van der Waals surface area contributed by atoms with Crippen molar-refractivity contribution in [2.75, 3.05) is 13.1 Å². The van der Waals surface area contributed by atoms with Gasteiger partial charge in [0.05, 0.1) is 6.42 Å². The average molecular weight is 274 g/mol. The molecule has 0 fully saturated rings. The molecule has 20 heavy (non-hydrogen) atoms. The zero-order valence-corrected chi connectivity index (χ0v) is 11.6.